The van der Waals surface area contributed by atoms with Crippen molar-refractivity contribution >= 4 is 23.4 Å². The number of methoxy groups -OCH3 is 1. The highest BCUT2D eigenvalue weighted by molar-refractivity contribution is 6.32. The third-order valence-corrected chi connectivity index (χ3v) is 4.54. The van der Waals surface area contributed by atoms with Gasteiger partial charge in [-0.2, -0.15) is 0 Å². The van der Waals surface area contributed by atoms with Crippen LogP contribution < -0.4 is 10.1 Å². The fourth-order valence-corrected chi connectivity index (χ4v) is 2.77. The predicted molar refractivity (Wildman–Crippen MR) is 108 cm³/mol. The van der Waals surface area contributed by atoms with Gasteiger partial charge in [0.1, 0.15) is 17.6 Å². The van der Waals surface area contributed by atoms with E-state index in [2.05, 4.69) is 5.32 Å². The van der Waals surface area contributed by atoms with E-state index in [0.717, 1.165) is 0 Å². The quantitative estimate of drug-likeness (QED) is 0.597. The third-order valence-electron chi connectivity index (χ3n) is 4.23. The molecule has 2 amide bonds. The van der Waals surface area contributed by atoms with Gasteiger partial charge in [0.15, 0.2) is 6.61 Å². The molecule has 0 aliphatic heterocycles. The molecule has 0 bridgehead atoms. The summed E-state index contributed by atoms with van der Waals surface area (Å²) < 4.78 is 23.7. The van der Waals surface area contributed by atoms with E-state index in [1.807, 2.05) is 0 Å². The number of ether oxygens (including phenoxy) is 2. The first-order valence-corrected chi connectivity index (χ1v) is 9.48. The maximum atomic E-state index is 13.2. The monoisotopic (exact) mass is 422 g/mol. The number of amides is 2. The van der Waals surface area contributed by atoms with Gasteiger partial charge in [-0.1, -0.05) is 35.9 Å². The van der Waals surface area contributed by atoms with Crippen molar-refractivity contribution in [3.05, 3.63) is 64.9 Å². The summed E-state index contributed by atoms with van der Waals surface area (Å²) in [5, 5.41) is 3.10. The first kappa shape index (κ1) is 22.6. The van der Waals surface area contributed by atoms with Crippen LogP contribution in [0.3, 0.4) is 0 Å². The Morgan fingerprint density at radius 3 is 2.52 bits per heavy atom. The topological polar surface area (TPSA) is 67.9 Å². The summed E-state index contributed by atoms with van der Waals surface area (Å²) in [5.41, 5.74) is 0.689. The molecule has 0 fully saturated rings. The molecule has 0 radical (unpaired) electrons. The molecule has 2 aromatic rings. The van der Waals surface area contributed by atoms with Gasteiger partial charge < -0.3 is 19.7 Å². The SMILES string of the molecule is COCCNC(=O)C(C)N(Cc1ccc(F)cc1)C(=O)COc1ccccc1Cl. The zero-order valence-corrected chi connectivity index (χ0v) is 17.1. The molecule has 6 nitrogen and oxygen atoms in total. The summed E-state index contributed by atoms with van der Waals surface area (Å²) >= 11 is 6.05. The molecule has 0 spiro atoms. The van der Waals surface area contributed by atoms with Gasteiger partial charge in [-0.25, -0.2) is 4.39 Å². The number of hydrogen-bond acceptors (Lipinski definition) is 4. The number of carbonyl (C=O) groups excluding carboxylic acids is 2. The van der Waals surface area contributed by atoms with E-state index in [9.17, 15) is 14.0 Å². The second-order valence-corrected chi connectivity index (χ2v) is 6.73. The van der Waals surface area contributed by atoms with Crippen molar-refractivity contribution in [2.45, 2.75) is 19.5 Å². The van der Waals surface area contributed by atoms with Gasteiger partial charge in [0.05, 0.1) is 11.6 Å². The molecule has 0 heterocycles. The van der Waals surface area contributed by atoms with E-state index in [-0.39, 0.29) is 24.9 Å². The number of benzene rings is 2. The summed E-state index contributed by atoms with van der Waals surface area (Å²) in [6.07, 6.45) is 0. The first-order valence-electron chi connectivity index (χ1n) is 9.10. The zero-order chi connectivity index (χ0) is 21.2. The Morgan fingerprint density at radius 2 is 1.86 bits per heavy atom. The van der Waals surface area contributed by atoms with Crippen molar-refractivity contribution in [1.29, 1.82) is 0 Å². The molecule has 8 heteroatoms. The average molecular weight is 423 g/mol. The van der Waals surface area contributed by atoms with Crippen LogP contribution in [0, 0.1) is 5.82 Å². The molecule has 29 heavy (non-hydrogen) atoms. The summed E-state index contributed by atoms with van der Waals surface area (Å²) in [5.74, 6) is -0.723. The molecule has 2 aromatic carbocycles. The third kappa shape index (κ3) is 7.03. The number of nitrogens with one attached hydrogen (secondary N) is 1. The molecule has 156 valence electrons. The van der Waals surface area contributed by atoms with E-state index in [0.29, 0.717) is 29.5 Å². The lowest BCUT2D eigenvalue weighted by atomic mass is 10.1. The Kier molecular flexibility index (Phi) is 8.89. The minimum absolute atomic E-state index is 0.129. The average Bonchev–Trinajstić information content (AvgIpc) is 2.72. The molecule has 1 N–H and O–H groups in total. The van der Waals surface area contributed by atoms with Crippen molar-refractivity contribution < 1.29 is 23.5 Å². The molecular formula is C21H24ClFN2O4. The number of rotatable bonds is 10. The summed E-state index contributed by atoms with van der Waals surface area (Å²) in [4.78, 5) is 26.7. The van der Waals surface area contributed by atoms with Gasteiger partial charge in [0.2, 0.25) is 5.91 Å². The summed E-state index contributed by atoms with van der Waals surface area (Å²) in [6, 6.07) is 11.8. The second-order valence-electron chi connectivity index (χ2n) is 6.33. The largest absolute Gasteiger partial charge is 0.482 e. The summed E-state index contributed by atoms with van der Waals surface area (Å²) in [7, 11) is 1.53. The van der Waals surface area contributed by atoms with E-state index in [1.54, 1.807) is 43.3 Å². The van der Waals surface area contributed by atoms with Crippen molar-refractivity contribution in [3.63, 3.8) is 0 Å². The Hall–Kier alpha value is -2.64. The Bertz CT molecular complexity index is 817. The lowest BCUT2D eigenvalue weighted by Crippen LogP contribution is -2.49. The van der Waals surface area contributed by atoms with Crippen molar-refractivity contribution in [2.24, 2.45) is 0 Å². The Balaban J connectivity index is 2.11. The highest BCUT2D eigenvalue weighted by atomic mass is 35.5. The van der Waals surface area contributed by atoms with E-state index in [1.165, 1.54) is 24.1 Å². The minimum atomic E-state index is -0.765. The molecule has 0 saturated carbocycles. The molecule has 1 atom stereocenters. The lowest BCUT2D eigenvalue weighted by molar-refractivity contribution is -0.142. The zero-order valence-electron chi connectivity index (χ0n) is 16.4. The van der Waals surface area contributed by atoms with Crippen LogP contribution in [0.15, 0.2) is 48.5 Å². The van der Waals surface area contributed by atoms with Crippen LogP contribution in [-0.4, -0.2) is 49.6 Å². The number of halogens is 2. The van der Waals surface area contributed by atoms with E-state index in [4.69, 9.17) is 21.1 Å². The van der Waals surface area contributed by atoms with Crippen LogP contribution in [0.25, 0.3) is 0 Å². The highest BCUT2D eigenvalue weighted by Crippen LogP contribution is 2.23. The normalized spacial score (nSPS) is 11.6. The number of hydrogen-bond donors (Lipinski definition) is 1. The molecule has 0 aliphatic carbocycles. The maximum absolute atomic E-state index is 13.2. The standard InChI is InChI=1S/C21H24ClFN2O4/c1-15(21(27)24-11-12-28-2)25(13-16-7-9-17(23)10-8-16)20(26)14-29-19-6-4-3-5-18(19)22/h3-10,15H,11-14H2,1-2H3,(H,24,27). The molecule has 0 aromatic heterocycles. The van der Waals surface area contributed by atoms with Crippen LogP contribution in [0.5, 0.6) is 5.75 Å². The van der Waals surface area contributed by atoms with E-state index < -0.39 is 11.9 Å². The number of nitrogens with zero attached hydrogens (tertiary/aromatic N) is 1. The Morgan fingerprint density at radius 1 is 1.17 bits per heavy atom. The molecule has 1 unspecified atom stereocenters. The second kappa shape index (κ2) is 11.4. The van der Waals surface area contributed by atoms with Gasteiger partial charge in [-0.15, -0.1) is 0 Å². The van der Waals surface area contributed by atoms with E-state index >= 15 is 0 Å². The Labute approximate surface area is 174 Å². The maximum Gasteiger partial charge on any atom is 0.261 e. The first-order chi connectivity index (χ1) is 13.9. The van der Waals surface area contributed by atoms with Crippen LogP contribution in [0.1, 0.15) is 12.5 Å². The van der Waals surface area contributed by atoms with Gasteiger partial charge in [0, 0.05) is 20.2 Å². The number of para-hydroxylation sites is 1. The van der Waals surface area contributed by atoms with Crippen LogP contribution >= 0.6 is 11.6 Å². The molecular weight excluding hydrogens is 399 g/mol. The number of carbonyl (C=O) groups is 2. The van der Waals surface area contributed by atoms with Crippen LogP contribution in [-0.2, 0) is 20.9 Å². The van der Waals surface area contributed by atoms with Crippen LogP contribution in [0.4, 0.5) is 4.39 Å². The summed E-state index contributed by atoms with van der Waals surface area (Å²) in [6.45, 7) is 2.15. The minimum Gasteiger partial charge on any atom is -0.482 e. The smallest absolute Gasteiger partial charge is 0.261 e. The predicted octanol–water partition coefficient (Wildman–Crippen LogP) is 3.04. The van der Waals surface area contributed by atoms with Crippen LogP contribution in [0.2, 0.25) is 5.02 Å². The van der Waals surface area contributed by atoms with Crippen molar-refractivity contribution in [2.75, 3.05) is 26.9 Å². The highest BCUT2D eigenvalue weighted by Gasteiger charge is 2.26. The van der Waals surface area contributed by atoms with Crippen molar-refractivity contribution in [3.8, 4) is 5.75 Å². The van der Waals surface area contributed by atoms with Gasteiger partial charge in [-0.05, 0) is 36.8 Å². The van der Waals surface area contributed by atoms with Gasteiger partial charge in [0.25, 0.3) is 5.91 Å². The lowest BCUT2D eigenvalue weighted by Gasteiger charge is -2.28. The van der Waals surface area contributed by atoms with Gasteiger partial charge >= 0.3 is 0 Å². The fraction of sp³-hybridized carbons (Fsp3) is 0.333. The van der Waals surface area contributed by atoms with Crippen molar-refractivity contribution in [1.82, 2.24) is 10.2 Å². The fourth-order valence-electron chi connectivity index (χ4n) is 2.58. The molecule has 0 saturated heterocycles. The molecule has 2 rings (SSSR count). The molecule has 0 aliphatic rings. The van der Waals surface area contributed by atoms with Gasteiger partial charge in [-0.3, -0.25) is 9.59 Å².